The quantitative estimate of drug-likeness (QED) is 0.250. The zero-order valence-corrected chi connectivity index (χ0v) is 25.4. The van der Waals surface area contributed by atoms with Crippen LogP contribution in [-0.4, -0.2) is 37.6 Å². The van der Waals surface area contributed by atoms with Crippen LogP contribution in [0.1, 0.15) is 65.4 Å². The van der Waals surface area contributed by atoms with Crippen LogP contribution in [0.3, 0.4) is 0 Å². The summed E-state index contributed by atoms with van der Waals surface area (Å²) < 4.78 is 3.22. The van der Waals surface area contributed by atoms with Crippen LogP contribution in [0.5, 0.6) is 0 Å². The number of benzene rings is 2. The highest BCUT2D eigenvalue weighted by molar-refractivity contribution is 6.32. The van der Waals surface area contributed by atoms with Crippen LogP contribution in [0.25, 0.3) is 0 Å². The monoisotopic (exact) mass is 541 g/mol. The molecule has 3 nitrogen and oxygen atoms in total. The van der Waals surface area contributed by atoms with Crippen molar-refractivity contribution in [1.82, 2.24) is 4.48 Å². The molecule has 1 aliphatic carbocycles. The molecular weight excluding hydrogens is 498 g/mol. The number of para-hydroxylation sites is 3. The number of anilines is 1. The van der Waals surface area contributed by atoms with Gasteiger partial charge in [-0.25, -0.2) is 4.48 Å². The molecule has 0 aromatic heterocycles. The van der Waals surface area contributed by atoms with Crippen molar-refractivity contribution in [2.45, 2.75) is 65.2 Å². The summed E-state index contributed by atoms with van der Waals surface area (Å²) in [5.41, 5.74) is 9.23. The van der Waals surface area contributed by atoms with Crippen molar-refractivity contribution in [1.29, 1.82) is 0 Å². The fourth-order valence-corrected chi connectivity index (χ4v) is 6.93. The molecule has 2 aromatic rings. The lowest BCUT2D eigenvalue weighted by atomic mass is 9.83. The van der Waals surface area contributed by atoms with E-state index in [9.17, 15) is 0 Å². The average molecular weight is 542 g/mol. The number of nitrogens with zero attached hydrogens (tertiary/aromatic N) is 3. The summed E-state index contributed by atoms with van der Waals surface area (Å²) >= 11 is 7.12. The van der Waals surface area contributed by atoms with Crippen LogP contribution in [0, 0.1) is 0 Å². The summed E-state index contributed by atoms with van der Waals surface area (Å²) in [6.07, 6.45) is 14.6. The Morgan fingerprint density at radius 1 is 0.949 bits per heavy atom. The maximum Gasteiger partial charge on any atom is 0.374 e. The fraction of sp³-hybridized carbons (Fsp3) is 0.400. The summed E-state index contributed by atoms with van der Waals surface area (Å²) in [5, 5.41) is 0.924. The molecule has 39 heavy (non-hydrogen) atoms. The third-order valence-electron chi connectivity index (χ3n) is 8.65. The van der Waals surface area contributed by atoms with Crippen LogP contribution >= 0.6 is 11.6 Å². The van der Waals surface area contributed by atoms with Crippen LogP contribution in [0.15, 0.2) is 94.7 Å². The lowest BCUT2D eigenvalue weighted by Crippen LogP contribution is -2.45. The van der Waals surface area contributed by atoms with Gasteiger partial charge in [0.1, 0.15) is 0 Å². The van der Waals surface area contributed by atoms with Crippen LogP contribution < -0.4 is 9.38 Å². The summed E-state index contributed by atoms with van der Waals surface area (Å²) in [5.74, 6) is 1.30. The molecule has 0 bridgehead atoms. The molecule has 2 heterocycles. The van der Waals surface area contributed by atoms with Crippen molar-refractivity contribution < 1.29 is 4.58 Å². The Morgan fingerprint density at radius 3 is 2.46 bits per heavy atom. The van der Waals surface area contributed by atoms with Gasteiger partial charge in [-0.3, -0.25) is 0 Å². The van der Waals surface area contributed by atoms with Crippen molar-refractivity contribution >= 4 is 34.5 Å². The molecule has 0 radical (unpaired) electrons. The van der Waals surface area contributed by atoms with Crippen molar-refractivity contribution in [2.24, 2.45) is 0 Å². The average Bonchev–Trinajstić information content (AvgIpc) is 3.27. The Balaban J connectivity index is 1.49. The van der Waals surface area contributed by atoms with Gasteiger partial charge in [-0.05, 0) is 60.6 Å². The fourth-order valence-electron chi connectivity index (χ4n) is 6.62. The van der Waals surface area contributed by atoms with Gasteiger partial charge in [0.05, 0.1) is 20.2 Å². The summed E-state index contributed by atoms with van der Waals surface area (Å²) in [7, 11) is 4.57. The highest BCUT2D eigenvalue weighted by atomic mass is 35.5. The number of hydrogen-bond acceptors (Lipinski definition) is 1. The second-order valence-corrected chi connectivity index (χ2v) is 12.4. The number of allylic oxidation sites excluding steroid dienone is 7. The standard InChI is InChI=1S/C35H44ClN3/c1-7-24-37-29-17-10-9-16-28(29)35(3,4)32(37)22-20-26-14-13-15-27(34(26)36)21-23-33-38(25-8-2)30-18-11-12-19-31(30)39(33,5)6/h9-12,16-23H,7-8,13-15,24-25H2,1-6H3/q+2. The molecular formula is C35H44ClN3+2. The van der Waals surface area contributed by atoms with E-state index in [1.165, 1.54) is 45.3 Å². The minimum Gasteiger partial charge on any atom is -0.344 e. The molecule has 0 saturated carbocycles. The van der Waals surface area contributed by atoms with Gasteiger partial charge in [0.25, 0.3) is 5.69 Å². The van der Waals surface area contributed by atoms with E-state index in [0.717, 1.165) is 54.7 Å². The number of rotatable bonds is 7. The third-order valence-corrected chi connectivity index (χ3v) is 9.14. The van der Waals surface area contributed by atoms with Gasteiger partial charge in [0, 0.05) is 46.9 Å². The van der Waals surface area contributed by atoms with Gasteiger partial charge >= 0.3 is 5.84 Å². The first-order chi connectivity index (χ1) is 18.7. The number of halogens is 1. The van der Waals surface area contributed by atoms with Crippen LogP contribution in [0.4, 0.5) is 17.1 Å². The lowest BCUT2D eigenvalue weighted by molar-refractivity contribution is -0.437. The second-order valence-electron chi connectivity index (χ2n) is 12.0. The van der Waals surface area contributed by atoms with Crippen LogP contribution in [0.2, 0.25) is 0 Å². The largest absolute Gasteiger partial charge is 0.374 e. The second kappa shape index (κ2) is 10.9. The topological polar surface area (TPSA) is 6.25 Å². The van der Waals surface area contributed by atoms with Crippen molar-refractivity contribution in [3.63, 3.8) is 0 Å². The first-order valence-electron chi connectivity index (χ1n) is 14.7. The molecule has 4 heteroatoms. The highest BCUT2D eigenvalue weighted by Gasteiger charge is 2.45. The molecule has 0 spiro atoms. The summed E-state index contributed by atoms with van der Waals surface area (Å²) in [6.45, 7) is 11.2. The van der Waals surface area contributed by atoms with E-state index >= 15 is 0 Å². The molecule has 3 aliphatic rings. The first kappa shape index (κ1) is 27.7. The number of fused-ring (bicyclic) bond motifs is 2. The molecule has 204 valence electrons. The van der Waals surface area contributed by atoms with Crippen molar-refractivity contribution in [3.05, 3.63) is 100 Å². The van der Waals surface area contributed by atoms with E-state index in [1.54, 1.807) is 0 Å². The predicted octanol–water partition coefficient (Wildman–Crippen LogP) is 8.97. The minimum absolute atomic E-state index is 0.0310. The normalized spacial score (nSPS) is 22.0. The summed E-state index contributed by atoms with van der Waals surface area (Å²) in [6, 6.07) is 17.7. The Labute approximate surface area is 240 Å². The van der Waals surface area contributed by atoms with E-state index in [1.807, 2.05) is 0 Å². The maximum atomic E-state index is 7.12. The van der Waals surface area contributed by atoms with Gasteiger partial charge in [0.15, 0.2) is 6.54 Å². The Morgan fingerprint density at radius 2 is 1.69 bits per heavy atom. The molecule has 0 atom stereocenters. The number of hydrogen-bond donors (Lipinski definition) is 0. The van der Waals surface area contributed by atoms with Crippen LogP contribution in [-0.2, 0) is 5.41 Å². The Hall–Kier alpha value is -2.88. The van der Waals surface area contributed by atoms with E-state index in [2.05, 4.69) is 124 Å². The molecule has 0 saturated heterocycles. The minimum atomic E-state index is -0.0310. The summed E-state index contributed by atoms with van der Waals surface area (Å²) in [4.78, 5) is 2.50. The lowest BCUT2D eigenvalue weighted by Gasteiger charge is -2.27. The van der Waals surface area contributed by atoms with Crippen molar-refractivity contribution in [3.8, 4) is 0 Å². The van der Waals surface area contributed by atoms with E-state index < -0.39 is 0 Å². The number of amidine groups is 1. The van der Waals surface area contributed by atoms with E-state index in [0.29, 0.717) is 0 Å². The van der Waals surface area contributed by atoms with Gasteiger partial charge < -0.3 is 4.90 Å². The molecule has 0 fully saturated rings. The maximum absolute atomic E-state index is 7.12. The van der Waals surface area contributed by atoms with E-state index in [-0.39, 0.29) is 5.41 Å². The molecule has 2 aromatic carbocycles. The number of likely N-dealkylation sites (N-methyl/N-ethyl adjacent to an activating group) is 1. The molecule has 0 unspecified atom stereocenters. The molecule has 0 N–H and O–H groups in total. The van der Waals surface area contributed by atoms with Gasteiger partial charge in [-0.1, -0.05) is 75.7 Å². The highest BCUT2D eigenvalue weighted by Crippen LogP contribution is 2.48. The predicted molar refractivity (Wildman–Crippen MR) is 169 cm³/mol. The molecule has 5 rings (SSSR count). The molecule has 0 amide bonds. The van der Waals surface area contributed by atoms with E-state index in [4.69, 9.17) is 11.6 Å². The SMILES string of the molecule is CCCN1/C(=C/C=C2\CCCC(/C=C/C3=[N+](CCC)c4ccccc4[N+]3(C)C)=C2Cl)C(C)(C)c2ccccc21. The van der Waals surface area contributed by atoms with Gasteiger partial charge in [0.2, 0.25) is 5.69 Å². The molecule has 2 aliphatic heterocycles. The Bertz CT molecular complexity index is 1420. The first-order valence-corrected chi connectivity index (χ1v) is 15.0. The number of quaternary nitrogens is 1. The third kappa shape index (κ3) is 4.85. The zero-order chi connectivity index (χ0) is 27.8. The smallest absolute Gasteiger partial charge is 0.344 e. The van der Waals surface area contributed by atoms with Gasteiger partial charge in [-0.2, -0.15) is 0 Å². The zero-order valence-electron chi connectivity index (χ0n) is 24.6. The van der Waals surface area contributed by atoms with Gasteiger partial charge in [-0.15, -0.1) is 4.58 Å². The van der Waals surface area contributed by atoms with Crippen molar-refractivity contribution in [2.75, 3.05) is 32.1 Å². The Kier molecular flexibility index (Phi) is 7.77.